The van der Waals surface area contributed by atoms with Gasteiger partial charge in [-0.05, 0) is 25.8 Å². The van der Waals surface area contributed by atoms with E-state index in [9.17, 15) is 18.0 Å². The molecule has 0 saturated carbocycles. The average Bonchev–Trinajstić information content (AvgIpc) is 2.61. The number of benzene rings is 1. The van der Waals surface area contributed by atoms with E-state index in [1.54, 1.807) is 0 Å². The number of aldehydes is 1. The van der Waals surface area contributed by atoms with Crippen molar-refractivity contribution in [2.75, 3.05) is 32.1 Å². The third kappa shape index (κ3) is 4.67. The number of amides is 1. The molecule has 138 valence electrons. The van der Waals surface area contributed by atoms with Crippen molar-refractivity contribution in [3.05, 3.63) is 35.9 Å². The molecule has 1 heterocycles. The molecule has 1 amide bonds. The van der Waals surface area contributed by atoms with E-state index in [-0.39, 0.29) is 5.75 Å². The topological polar surface area (TPSA) is 80.8 Å². The molecule has 25 heavy (non-hydrogen) atoms. The number of nitrogens with zero attached hydrogens (tertiary/aromatic N) is 1. The molecule has 1 fully saturated rings. The minimum Gasteiger partial charge on any atom is -0.378 e. The molecule has 6 nitrogen and oxygen atoms in total. The molecule has 1 aliphatic rings. The Bertz CT molecular complexity index is 693. The van der Waals surface area contributed by atoms with Crippen LogP contribution in [0.4, 0.5) is 0 Å². The van der Waals surface area contributed by atoms with Crippen molar-refractivity contribution in [3.8, 4) is 0 Å². The summed E-state index contributed by atoms with van der Waals surface area (Å²) in [6.07, 6.45) is 1.01. The molecule has 1 atom stereocenters. The van der Waals surface area contributed by atoms with Crippen LogP contribution < -0.4 is 0 Å². The van der Waals surface area contributed by atoms with Crippen LogP contribution in [0.2, 0.25) is 0 Å². The zero-order valence-corrected chi connectivity index (χ0v) is 15.5. The first-order chi connectivity index (χ1) is 11.8. The predicted octanol–water partition coefficient (Wildman–Crippen LogP) is 1.10. The van der Waals surface area contributed by atoms with Crippen molar-refractivity contribution in [1.82, 2.24) is 4.90 Å². The lowest BCUT2D eigenvalue weighted by Crippen LogP contribution is -2.54. The van der Waals surface area contributed by atoms with Gasteiger partial charge >= 0.3 is 0 Å². The third-order valence-electron chi connectivity index (χ3n) is 4.56. The van der Waals surface area contributed by atoms with Crippen LogP contribution >= 0.6 is 0 Å². The summed E-state index contributed by atoms with van der Waals surface area (Å²) in [7, 11) is -3.80. The molecular weight excluding hydrogens is 342 g/mol. The summed E-state index contributed by atoms with van der Waals surface area (Å²) in [6, 6.07) is 9.26. The Labute approximate surface area is 149 Å². The summed E-state index contributed by atoms with van der Waals surface area (Å²) in [6.45, 7) is 4.44. The molecule has 7 heteroatoms. The second-order valence-corrected chi connectivity index (χ2v) is 9.37. The monoisotopic (exact) mass is 367 g/mol. The first kappa shape index (κ1) is 19.6. The number of carbonyl (C=O) groups is 2. The van der Waals surface area contributed by atoms with Crippen LogP contribution in [0.25, 0.3) is 0 Å². The van der Waals surface area contributed by atoms with Crippen LogP contribution in [0.15, 0.2) is 30.3 Å². The summed E-state index contributed by atoms with van der Waals surface area (Å²) < 4.78 is 29.4. The third-order valence-corrected chi connectivity index (χ3v) is 7.15. The van der Waals surface area contributed by atoms with Gasteiger partial charge in [-0.1, -0.05) is 30.3 Å². The van der Waals surface area contributed by atoms with E-state index < -0.39 is 26.4 Å². The fraction of sp³-hybridized carbons (Fsp3) is 0.556. The lowest BCUT2D eigenvalue weighted by molar-refractivity contribution is -0.137. The number of hydrogen-bond donors (Lipinski definition) is 0. The number of sulfone groups is 1. The largest absolute Gasteiger partial charge is 0.378 e. The van der Waals surface area contributed by atoms with E-state index in [2.05, 4.69) is 0 Å². The Morgan fingerprint density at radius 2 is 1.84 bits per heavy atom. The van der Waals surface area contributed by atoms with E-state index in [1.807, 2.05) is 30.3 Å². The molecule has 1 aromatic carbocycles. The summed E-state index contributed by atoms with van der Waals surface area (Å²) in [5.74, 6) is -1.45. The van der Waals surface area contributed by atoms with E-state index in [4.69, 9.17) is 4.74 Å². The first-order valence-electron chi connectivity index (χ1n) is 8.36. The highest BCUT2D eigenvalue weighted by atomic mass is 32.2. The SMILES string of the molecule is CC(C)(C(=O)N1CCOCC1)S(=O)(=O)C[C@H](C=O)Cc1ccccc1. The molecule has 1 saturated heterocycles. The van der Waals surface area contributed by atoms with Gasteiger partial charge in [0, 0.05) is 19.0 Å². The molecule has 1 aliphatic heterocycles. The van der Waals surface area contributed by atoms with E-state index >= 15 is 0 Å². The molecule has 0 spiro atoms. The maximum absolute atomic E-state index is 12.9. The van der Waals surface area contributed by atoms with E-state index in [0.717, 1.165) is 5.56 Å². The second kappa shape index (κ2) is 8.10. The van der Waals surface area contributed by atoms with Gasteiger partial charge in [0.1, 0.15) is 11.0 Å². The van der Waals surface area contributed by atoms with Crippen LogP contribution in [0.3, 0.4) is 0 Å². The first-order valence-corrected chi connectivity index (χ1v) is 10.0. The summed E-state index contributed by atoms with van der Waals surface area (Å²) in [5.41, 5.74) is 0.895. The number of rotatable bonds is 7. The Kier molecular flexibility index (Phi) is 6.35. The lowest BCUT2D eigenvalue weighted by Gasteiger charge is -2.34. The molecule has 0 N–H and O–H groups in total. The molecule has 0 aliphatic carbocycles. The number of morpholine rings is 1. The van der Waals surface area contributed by atoms with Gasteiger partial charge < -0.3 is 14.4 Å². The van der Waals surface area contributed by atoms with Gasteiger partial charge in [-0.15, -0.1) is 0 Å². The van der Waals surface area contributed by atoms with Gasteiger partial charge in [0.15, 0.2) is 9.84 Å². The molecule has 0 unspecified atom stereocenters. The number of hydrogen-bond acceptors (Lipinski definition) is 5. The Morgan fingerprint density at radius 1 is 1.24 bits per heavy atom. The molecule has 2 rings (SSSR count). The number of ether oxygens (including phenoxy) is 1. The van der Waals surface area contributed by atoms with Crippen LogP contribution in [-0.4, -0.2) is 62.3 Å². The molecule has 1 aromatic rings. The maximum Gasteiger partial charge on any atom is 0.243 e. The van der Waals surface area contributed by atoms with Gasteiger partial charge in [0.2, 0.25) is 5.91 Å². The van der Waals surface area contributed by atoms with Gasteiger partial charge in [-0.25, -0.2) is 8.42 Å². The highest BCUT2D eigenvalue weighted by Crippen LogP contribution is 2.24. The van der Waals surface area contributed by atoms with Gasteiger partial charge in [0.25, 0.3) is 0 Å². The standard InChI is InChI=1S/C18H25NO5S/c1-18(2,17(21)19-8-10-24-11-9-19)25(22,23)14-16(13-20)12-15-6-4-3-5-7-15/h3-7,13,16H,8-12,14H2,1-2H3/t16-/m0/s1. The smallest absolute Gasteiger partial charge is 0.243 e. The average molecular weight is 367 g/mol. The summed E-state index contributed by atoms with van der Waals surface area (Å²) >= 11 is 0. The van der Waals surface area contributed by atoms with Gasteiger partial charge in [-0.3, -0.25) is 4.79 Å². The quantitative estimate of drug-likeness (QED) is 0.674. The van der Waals surface area contributed by atoms with E-state index in [0.29, 0.717) is 39.0 Å². The Morgan fingerprint density at radius 3 is 2.40 bits per heavy atom. The molecule has 0 radical (unpaired) electrons. The molecule has 0 bridgehead atoms. The normalized spacial score (nSPS) is 17.1. The summed E-state index contributed by atoms with van der Waals surface area (Å²) in [5, 5.41) is 0. The van der Waals surface area contributed by atoms with Gasteiger partial charge in [-0.2, -0.15) is 0 Å². The lowest BCUT2D eigenvalue weighted by atomic mass is 10.0. The minimum atomic E-state index is -3.80. The second-order valence-electron chi connectivity index (χ2n) is 6.78. The van der Waals surface area contributed by atoms with Crippen molar-refractivity contribution in [2.45, 2.75) is 25.0 Å². The maximum atomic E-state index is 12.9. The fourth-order valence-electron chi connectivity index (χ4n) is 2.83. The zero-order valence-electron chi connectivity index (χ0n) is 14.7. The highest BCUT2D eigenvalue weighted by Gasteiger charge is 2.45. The molecule has 0 aromatic heterocycles. The Hall–Kier alpha value is -1.73. The van der Waals surface area contributed by atoms with Crippen LogP contribution in [0.5, 0.6) is 0 Å². The van der Waals surface area contributed by atoms with Crippen LogP contribution in [0.1, 0.15) is 19.4 Å². The number of carbonyl (C=O) groups excluding carboxylic acids is 2. The van der Waals surface area contributed by atoms with Crippen molar-refractivity contribution in [1.29, 1.82) is 0 Å². The fourth-order valence-corrected chi connectivity index (χ4v) is 4.41. The summed E-state index contributed by atoms with van der Waals surface area (Å²) in [4.78, 5) is 25.6. The van der Waals surface area contributed by atoms with Crippen molar-refractivity contribution in [2.24, 2.45) is 5.92 Å². The van der Waals surface area contributed by atoms with E-state index in [1.165, 1.54) is 18.7 Å². The predicted molar refractivity (Wildman–Crippen MR) is 95.0 cm³/mol. The van der Waals surface area contributed by atoms with Crippen LogP contribution in [0, 0.1) is 5.92 Å². The molecular formula is C18H25NO5S. The van der Waals surface area contributed by atoms with Gasteiger partial charge in [0.05, 0.1) is 19.0 Å². The Balaban J connectivity index is 2.11. The van der Waals surface area contributed by atoms with Crippen molar-refractivity contribution in [3.63, 3.8) is 0 Å². The van der Waals surface area contributed by atoms with Crippen LogP contribution in [-0.2, 0) is 30.6 Å². The van der Waals surface area contributed by atoms with Crippen molar-refractivity contribution >= 4 is 22.0 Å². The zero-order chi connectivity index (χ0) is 18.5. The highest BCUT2D eigenvalue weighted by molar-refractivity contribution is 7.93. The minimum absolute atomic E-state index is 0.339. The van der Waals surface area contributed by atoms with Crippen molar-refractivity contribution < 1.29 is 22.7 Å².